The molecule has 1 saturated heterocycles. The average molecular weight is 360 g/mol. The number of hydrazone groups is 1. The van der Waals surface area contributed by atoms with E-state index in [2.05, 4.69) is 63.9 Å². The number of para-hydroxylation sites is 1. The largest absolute Gasteiger partial charge is 0.360 e. The fourth-order valence-corrected chi connectivity index (χ4v) is 3.39. The molecule has 0 aliphatic carbocycles. The molecule has 4 rings (SSSR count). The molecular weight excluding hydrogens is 334 g/mol. The lowest BCUT2D eigenvalue weighted by molar-refractivity contribution is -0.880. The number of pyridine rings is 1. The molecule has 0 radical (unpaired) electrons. The van der Waals surface area contributed by atoms with Gasteiger partial charge in [-0.25, -0.2) is 4.98 Å². The Morgan fingerprint density at radius 3 is 2.52 bits per heavy atom. The fraction of sp³-hybridized carbons (Fsp3) is 0.273. The summed E-state index contributed by atoms with van der Waals surface area (Å²) in [5.74, 6) is 0.754. The van der Waals surface area contributed by atoms with Crippen molar-refractivity contribution in [1.29, 1.82) is 0 Å². The van der Waals surface area contributed by atoms with Crippen LogP contribution in [-0.2, 0) is 0 Å². The average Bonchev–Trinajstić information content (AvgIpc) is 2.72. The second kappa shape index (κ2) is 7.76. The molecule has 1 aliphatic heterocycles. The van der Waals surface area contributed by atoms with Crippen molar-refractivity contribution in [2.45, 2.75) is 6.92 Å². The van der Waals surface area contributed by atoms with Gasteiger partial charge in [0.05, 0.1) is 44.5 Å². The molecule has 2 heterocycles. The molecule has 1 aromatic heterocycles. The molecule has 0 atom stereocenters. The predicted octanol–water partition coefficient (Wildman–Crippen LogP) is 2.41. The molecule has 5 heteroatoms. The molecule has 27 heavy (non-hydrogen) atoms. The van der Waals surface area contributed by atoms with Crippen LogP contribution in [0.2, 0.25) is 0 Å². The number of anilines is 2. The monoisotopic (exact) mass is 360 g/mol. The maximum absolute atomic E-state index is 4.60. The van der Waals surface area contributed by atoms with Gasteiger partial charge in [-0.2, -0.15) is 5.10 Å². The molecule has 0 saturated carbocycles. The van der Waals surface area contributed by atoms with E-state index in [1.165, 1.54) is 18.8 Å². The molecule has 0 amide bonds. The summed E-state index contributed by atoms with van der Waals surface area (Å²) < 4.78 is 0. The van der Waals surface area contributed by atoms with Crippen LogP contribution in [0.25, 0.3) is 10.9 Å². The van der Waals surface area contributed by atoms with Gasteiger partial charge in [0.25, 0.3) is 0 Å². The van der Waals surface area contributed by atoms with E-state index in [0.717, 1.165) is 41.1 Å². The molecule has 5 nitrogen and oxygen atoms in total. The highest BCUT2D eigenvalue weighted by atomic mass is 15.3. The predicted molar refractivity (Wildman–Crippen MR) is 113 cm³/mol. The van der Waals surface area contributed by atoms with Crippen LogP contribution in [0.4, 0.5) is 11.5 Å². The lowest BCUT2D eigenvalue weighted by Gasteiger charge is -2.31. The van der Waals surface area contributed by atoms with Gasteiger partial charge in [-0.1, -0.05) is 30.3 Å². The molecule has 1 aliphatic rings. The van der Waals surface area contributed by atoms with Crippen LogP contribution < -0.4 is 15.2 Å². The highest BCUT2D eigenvalue weighted by Crippen LogP contribution is 2.17. The van der Waals surface area contributed by atoms with Gasteiger partial charge >= 0.3 is 0 Å². The number of benzene rings is 2. The van der Waals surface area contributed by atoms with E-state index in [1.54, 1.807) is 4.90 Å². The minimum absolute atomic E-state index is 0.754. The summed E-state index contributed by atoms with van der Waals surface area (Å²) in [6, 6.07) is 20.8. The topological polar surface area (TPSA) is 45.0 Å². The van der Waals surface area contributed by atoms with E-state index < -0.39 is 0 Å². The Morgan fingerprint density at radius 2 is 1.74 bits per heavy atom. The Morgan fingerprint density at radius 1 is 1.00 bits per heavy atom. The number of piperazine rings is 1. The standard InChI is InChI=1S/C22H25N5/c1-17(24-25-22-12-9-19-5-3-4-6-21(19)23-22)18-7-10-20(11-8-18)27-15-13-26(2)14-16-27/h3-12H,13-16H2,1-2H3,(H,23,25)/p+1/b24-17-. The Balaban J connectivity index is 1.44. The van der Waals surface area contributed by atoms with Crippen LogP contribution in [0, 0.1) is 0 Å². The second-order valence-electron chi connectivity index (χ2n) is 7.19. The summed E-state index contributed by atoms with van der Waals surface area (Å²) in [6.07, 6.45) is 0. The fourth-order valence-electron chi connectivity index (χ4n) is 3.39. The molecule has 2 aromatic carbocycles. The number of rotatable bonds is 4. The normalized spacial score (nSPS) is 15.9. The van der Waals surface area contributed by atoms with Gasteiger partial charge in [0.15, 0.2) is 0 Å². The number of likely N-dealkylation sites (N-methyl/N-ethyl adjacent to an activating group) is 1. The number of hydrogen-bond donors (Lipinski definition) is 2. The van der Waals surface area contributed by atoms with Crippen LogP contribution in [0.5, 0.6) is 0 Å². The minimum atomic E-state index is 0.754. The van der Waals surface area contributed by atoms with Crippen molar-refractivity contribution in [2.24, 2.45) is 5.10 Å². The van der Waals surface area contributed by atoms with Crippen molar-refractivity contribution >= 4 is 28.1 Å². The van der Waals surface area contributed by atoms with Gasteiger partial charge in [0.1, 0.15) is 5.82 Å². The first-order chi connectivity index (χ1) is 13.2. The SMILES string of the molecule is C/C(=N/Nc1ccc2ccccc2n1)c1ccc(N2CC[NH+](C)CC2)cc1. The number of nitrogens with one attached hydrogen (secondary N) is 2. The molecule has 0 unspecified atom stereocenters. The lowest BCUT2D eigenvalue weighted by atomic mass is 10.1. The van der Waals surface area contributed by atoms with Gasteiger partial charge in [0, 0.05) is 11.1 Å². The summed E-state index contributed by atoms with van der Waals surface area (Å²) in [7, 11) is 2.26. The number of fused-ring (bicyclic) bond motifs is 1. The van der Waals surface area contributed by atoms with E-state index in [4.69, 9.17) is 0 Å². The third kappa shape index (κ3) is 4.09. The zero-order chi connectivity index (χ0) is 18.6. The third-order valence-electron chi connectivity index (χ3n) is 5.20. The van der Waals surface area contributed by atoms with Crippen molar-refractivity contribution in [3.8, 4) is 0 Å². The lowest BCUT2D eigenvalue weighted by Crippen LogP contribution is -3.12. The van der Waals surface area contributed by atoms with Crippen LogP contribution in [0.15, 0.2) is 65.8 Å². The van der Waals surface area contributed by atoms with E-state index >= 15 is 0 Å². The quantitative estimate of drug-likeness (QED) is 0.555. The van der Waals surface area contributed by atoms with E-state index in [1.807, 2.05) is 31.2 Å². The number of hydrogen-bond acceptors (Lipinski definition) is 4. The molecule has 0 spiro atoms. The summed E-state index contributed by atoms with van der Waals surface area (Å²) in [4.78, 5) is 8.66. The van der Waals surface area contributed by atoms with Crippen LogP contribution in [0.1, 0.15) is 12.5 Å². The first kappa shape index (κ1) is 17.5. The van der Waals surface area contributed by atoms with Gasteiger partial charge < -0.3 is 9.80 Å². The molecule has 138 valence electrons. The highest BCUT2D eigenvalue weighted by Gasteiger charge is 2.16. The maximum Gasteiger partial charge on any atom is 0.146 e. The van der Waals surface area contributed by atoms with Crippen LogP contribution >= 0.6 is 0 Å². The first-order valence-corrected chi connectivity index (χ1v) is 9.52. The summed E-state index contributed by atoms with van der Waals surface area (Å²) >= 11 is 0. The molecule has 2 N–H and O–H groups in total. The Bertz CT molecular complexity index is 940. The highest BCUT2D eigenvalue weighted by molar-refractivity contribution is 5.99. The van der Waals surface area contributed by atoms with Crippen molar-refractivity contribution in [3.63, 3.8) is 0 Å². The Hall–Kier alpha value is -2.92. The number of aromatic nitrogens is 1. The van der Waals surface area contributed by atoms with Crippen LogP contribution in [0.3, 0.4) is 0 Å². The van der Waals surface area contributed by atoms with E-state index in [9.17, 15) is 0 Å². The second-order valence-corrected chi connectivity index (χ2v) is 7.19. The molecule has 1 fully saturated rings. The van der Waals surface area contributed by atoms with E-state index in [0.29, 0.717) is 0 Å². The summed E-state index contributed by atoms with van der Waals surface area (Å²) in [5.41, 5.74) is 7.40. The number of nitrogens with zero attached hydrogens (tertiary/aromatic N) is 3. The zero-order valence-corrected chi connectivity index (χ0v) is 15.9. The van der Waals surface area contributed by atoms with Crippen molar-refractivity contribution < 1.29 is 4.90 Å². The molecular formula is C22H26N5+. The smallest absolute Gasteiger partial charge is 0.146 e. The number of quaternary nitrogens is 1. The van der Waals surface area contributed by atoms with Crippen molar-refractivity contribution in [3.05, 3.63) is 66.2 Å². The zero-order valence-electron chi connectivity index (χ0n) is 15.9. The molecule has 3 aromatic rings. The molecule has 0 bridgehead atoms. The van der Waals surface area contributed by atoms with Gasteiger partial charge in [-0.3, -0.25) is 5.43 Å². The van der Waals surface area contributed by atoms with Crippen molar-refractivity contribution in [2.75, 3.05) is 43.6 Å². The first-order valence-electron chi connectivity index (χ1n) is 9.52. The summed E-state index contributed by atoms with van der Waals surface area (Å²) in [6.45, 7) is 6.65. The Kier molecular flexibility index (Phi) is 5.03. The minimum Gasteiger partial charge on any atom is -0.360 e. The van der Waals surface area contributed by atoms with Gasteiger partial charge in [-0.15, -0.1) is 0 Å². The maximum atomic E-state index is 4.60. The van der Waals surface area contributed by atoms with Gasteiger partial charge in [-0.05, 0) is 42.8 Å². The van der Waals surface area contributed by atoms with E-state index in [-0.39, 0.29) is 0 Å². The summed E-state index contributed by atoms with van der Waals surface area (Å²) in [5, 5.41) is 5.64. The van der Waals surface area contributed by atoms with Crippen LogP contribution in [-0.4, -0.2) is 43.9 Å². The van der Waals surface area contributed by atoms with Gasteiger partial charge in [0.2, 0.25) is 0 Å². The third-order valence-corrected chi connectivity index (χ3v) is 5.20. The van der Waals surface area contributed by atoms with Crippen molar-refractivity contribution in [1.82, 2.24) is 4.98 Å². The Labute approximate surface area is 160 Å².